The van der Waals surface area contributed by atoms with Gasteiger partial charge < -0.3 is 19.9 Å². The standard InChI is InChI=1S/C29H31NO5/c1-19-6-3-4-9-26(19)35-24-16-14-23(15-17-24)34-22-12-10-21(11-13-22)18-27(31)30-28-20(2)7-5-8-25(28)29(32)33/h5,7-8,10-17,19,26H,3-4,6,9,18H2,1-2H3,(H,30,31)(H,32,33)/t19-,26-/m1/s1. The van der Waals surface area contributed by atoms with Crippen molar-refractivity contribution in [3.63, 3.8) is 0 Å². The number of aryl methyl sites for hydroxylation is 1. The molecule has 4 rings (SSSR count). The SMILES string of the molecule is Cc1cccc(C(=O)O)c1NC(=O)Cc1ccc(Oc2ccc(O[C@@H]3CCCC[C@H]3C)cc2)cc1. The normalized spacial score (nSPS) is 17.4. The third-order valence-electron chi connectivity index (χ3n) is 6.44. The molecule has 1 fully saturated rings. The minimum Gasteiger partial charge on any atom is -0.490 e. The summed E-state index contributed by atoms with van der Waals surface area (Å²) in [7, 11) is 0. The van der Waals surface area contributed by atoms with Gasteiger partial charge in [-0.05, 0) is 85.7 Å². The number of carboxylic acids is 1. The Hall–Kier alpha value is -3.80. The van der Waals surface area contributed by atoms with Gasteiger partial charge in [0.2, 0.25) is 5.91 Å². The van der Waals surface area contributed by atoms with Crippen LogP contribution in [0.25, 0.3) is 0 Å². The van der Waals surface area contributed by atoms with E-state index in [9.17, 15) is 14.7 Å². The monoisotopic (exact) mass is 473 g/mol. The van der Waals surface area contributed by atoms with E-state index in [0.29, 0.717) is 28.7 Å². The predicted octanol–water partition coefficient (Wildman–Crippen LogP) is 6.62. The van der Waals surface area contributed by atoms with E-state index in [-0.39, 0.29) is 24.0 Å². The number of para-hydroxylation sites is 1. The van der Waals surface area contributed by atoms with Crippen LogP contribution in [0.2, 0.25) is 0 Å². The molecule has 0 heterocycles. The summed E-state index contributed by atoms with van der Waals surface area (Å²) in [5, 5.41) is 12.1. The van der Waals surface area contributed by atoms with Gasteiger partial charge in [0.25, 0.3) is 0 Å². The maximum atomic E-state index is 12.5. The van der Waals surface area contributed by atoms with E-state index < -0.39 is 5.97 Å². The molecule has 0 saturated heterocycles. The van der Waals surface area contributed by atoms with E-state index in [0.717, 1.165) is 17.7 Å². The lowest BCUT2D eigenvalue weighted by Crippen LogP contribution is -2.28. The van der Waals surface area contributed by atoms with Gasteiger partial charge in [-0.25, -0.2) is 4.79 Å². The average Bonchev–Trinajstić information content (AvgIpc) is 2.84. The summed E-state index contributed by atoms with van der Waals surface area (Å²) in [6.45, 7) is 4.02. The van der Waals surface area contributed by atoms with Gasteiger partial charge >= 0.3 is 5.97 Å². The summed E-state index contributed by atoms with van der Waals surface area (Å²) >= 11 is 0. The zero-order chi connectivity index (χ0) is 24.8. The van der Waals surface area contributed by atoms with Gasteiger partial charge in [0, 0.05) is 0 Å². The van der Waals surface area contributed by atoms with Crippen molar-refractivity contribution < 1.29 is 24.2 Å². The van der Waals surface area contributed by atoms with E-state index >= 15 is 0 Å². The molecule has 3 aromatic carbocycles. The van der Waals surface area contributed by atoms with Crippen molar-refractivity contribution >= 4 is 17.6 Å². The van der Waals surface area contributed by atoms with Crippen molar-refractivity contribution in [2.45, 2.75) is 52.1 Å². The van der Waals surface area contributed by atoms with Crippen molar-refractivity contribution in [1.82, 2.24) is 0 Å². The van der Waals surface area contributed by atoms with Gasteiger partial charge in [-0.1, -0.05) is 37.6 Å². The number of nitrogens with one attached hydrogen (secondary N) is 1. The topological polar surface area (TPSA) is 84.9 Å². The van der Waals surface area contributed by atoms with Gasteiger partial charge in [-0.3, -0.25) is 4.79 Å². The molecule has 0 unspecified atom stereocenters. The highest BCUT2D eigenvalue weighted by Gasteiger charge is 2.22. The van der Waals surface area contributed by atoms with Crippen LogP contribution in [0.4, 0.5) is 5.69 Å². The molecule has 0 aromatic heterocycles. The molecule has 2 N–H and O–H groups in total. The smallest absolute Gasteiger partial charge is 0.337 e. The number of carbonyl (C=O) groups is 2. The molecular formula is C29H31NO5. The number of benzene rings is 3. The van der Waals surface area contributed by atoms with Gasteiger partial charge in [0.05, 0.1) is 17.7 Å². The van der Waals surface area contributed by atoms with Crippen LogP contribution >= 0.6 is 0 Å². The summed E-state index contributed by atoms with van der Waals surface area (Å²) in [5.41, 5.74) is 1.90. The number of carbonyl (C=O) groups excluding carboxylic acids is 1. The molecule has 1 aliphatic rings. The minimum absolute atomic E-state index is 0.0757. The largest absolute Gasteiger partial charge is 0.490 e. The average molecular weight is 474 g/mol. The van der Waals surface area contributed by atoms with Crippen LogP contribution in [0.5, 0.6) is 17.2 Å². The molecule has 6 heteroatoms. The van der Waals surface area contributed by atoms with E-state index in [1.165, 1.54) is 25.3 Å². The lowest BCUT2D eigenvalue weighted by atomic mass is 9.88. The van der Waals surface area contributed by atoms with Crippen LogP contribution in [0.15, 0.2) is 66.7 Å². The van der Waals surface area contributed by atoms with Gasteiger partial charge in [0.15, 0.2) is 0 Å². The number of hydrogen-bond acceptors (Lipinski definition) is 4. The fourth-order valence-electron chi connectivity index (χ4n) is 4.41. The van der Waals surface area contributed by atoms with E-state index in [4.69, 9.17) is 9.47 Å². The van der Waals surface area contributed by atoms with Crippen LogP contribution in [-0.4, -0.2) is 23.1 Å². The Labute approximate surface area is 205 Å². The first-order valence-electron chi connectivity index (χ1n) is 12.1. The first-order valence-corrected chi connectivity index (χ1v) is 12.1. The first-order chi connectivity index (χ1) is 16.9. The maximum Gasteiger partial charge on any atom is 0.337 e. The Morgan fingerprint density at radius 1 is 0.914 bits per heavy atom. The number of amides is 1. The summed E-state index contributed by atoms with van der Waals surface area (Å²) in [4.78, 5) is 24.0. The van der Waals surface area contributed by atoms with Crippen LogP contribution in [0.3, 0.4) is 0 Å². The van der Waals surface area contributed by atoms with E-state index in [1.807, 2.05) is 48.5 Å². The van der Waals surface area contributed by atoms with Crippen molar-refractivity contribution in [2.75, 3.05) is 5.32 Å². The first kappa shape index (κ1) is 24.3. The van der Waals surface area contributed by atoms with Crippen molar-refractivity contribution in [1.29, 1.82) is 0 Å². The van der Waals surface area contributed by atoms with Crippen molar-refractivity contribution in [2.24, 2.45) is 5.92 Å². The molecule has 182 valence electrons. The summed E-state index contributed by atoms with van der Waals surface area (Å²) in [5.74, 6) is 1.46. The van der Waals surface area contributed by atoms with Crippen LogP contribution in [0.1, 0.15) is 54.1 Å². The Bertz CT molecular complexity index is 1170. The fourth-order valence-corrected chi connectivity index (χ4v) is 4.41. The summed E-state index contributed by atoms with van der Waals surface area (Å²) in [6, 6.07) is 19.8. The molecule has 2 atom stereocenters. The quantitative estimate of drug-likeness (QED) is 0.384. The Kier molecular flexibility index (Phi) is 7.70. The molecule has 0 spiro atoms. The molecule has 0 radical (unpaired) electrons. The zero-order valence-electron chi connectivity index (χ0n) is 20.1. The third kappa shape index (κ3) is 6.41. The Balaban J connectivity index is 1.32. The maximum absolute atomic E-state index is 12.5. The number of hydrogen-bond donors (Lipinski definition) is 2. The lowest BCUT2D eigenvalue weighted by Gasteiger charge is -2.29. The number of aromatic carboxylic acids is 1. The molecule has 1 amide bonds. The number of carboxylic acid groups (broad SMARTS) is 1. The lowest BCUT2D eigenvalue weighted by molar-refractivity contribution is -0.115. The van der Waals surface area contributed by atoms with E-state index in [1.54, 1.807) is 19.1 Å². The van der Waals surface area contributed by atoms with Crippen LogP contribution in [-0.2, 0) is 11.2 Å². The highest BCUT2D eigenvalue weighted by Crippen LogP contribution is 2.30. The third-order valence-corrected chi connectivity index (χ3v) is 6.44. The van der Waals surface area contributed by atoms with Crippen LogP contribution in [0, 0.1) is 12.8 Å². The van der Waals surface area contributed by atoms with Gasteiger partial charge in [0.1, 0.15) is 23.4 Å². The molecule has 0 bridgehead atoms. The second-order valence-corrected chi connectivity index (χ2v) is 9.16. The highest BCUT2D eigenvalue weighted by molar-refractivity contribution is 6.01. The highest BCUT2D eigenvalue weighted by atomic mass is 16.5. The number of anilines is 1. The number of ether oxygens (including phenoxy) is 2. The minimum atomic E-state index is -1.08. The molecule has 1 saturated carbocycles. The second kappa shape index (κ2) is 11.1. The van der Waals surface area contributed by atoms with Gasteiger partial charge in [-0.15, -0.1) is 0 Å². The number of rotatable bonds is 8. The molecule has 6 nitrogen and oxygen atoms in total. The predicted molar refractivity (Wildman–Crippen MR) is 135 cm³/mol. The Morgan fingerprint density at radius 2 is 1.54 bits per heavy atom. The van der Waals surface area contributed by atoms with Crippen LogP contribution < -0.4 is 14.8 Å². The summed E-state index contributed by atoms with van der Waals surface area (Å²) < 4.78 is 12.1. The molecule has 1 aliphatic carbocycles. The molecule has 0 aliphatic heterocycles. The van der Waals surface area contributed by atoms with Gasteiger partial charge in [-0.2, -0.15) is 0 Å². The summed E-state index contributed by atoms with van der Waals surface area (Å²) in [6.07, 6.45) is 5.24. The van der Waals surface area contributed by atoms with Crippen molar-refractivity contribution in [3.05, 3.63) is 83.4 Å². The molecule has 3 aromatic rings. The van der Waals surface area contributed by atoms with Crippen molar-refractivity contribution in [3.8, 4) is 17.2 Å². The zero-order valence-corrected chi connectivity index (χ0v) is 20.1. The van der Waals surface area contributed by atoms with E-state index in [2.05, 4.69) is 12.2 Å². The fraction of sp³-hybridized carbons (Fsp3) is 0.310. The molecule has 35 heavy (non-hydrogen) atoms. The second-order valence-electron chi connectivity index (χ2n) is 9.16. The molecular weight excluding hydrogens is 442 g/mol. The Morgan fingerprint density at radius 3 is 2.20 bits per heavy atom.